The molecule has 0 aliphatic rings. The van der Waals surface area contributed by atoms with Gasteiger partial charge in [0.2, 0.25) is 0 Å². The van der Waals surface area contributed by atoms with Crippen molar-refractivity contribution in [2.45, 2.75) is 0 Å². The van der Waals surface area contributed by atoms with E-state index >= 15 is 0 Å². The van der Waals surface area contributed by atoms with Crippen LogP contribution in [0.25, 0.3) is 0 Å². The zero-order valence-electron chi connectivity index (χ0n) is 11.0. The smallest absolute Gasteiger partial charge is 0.145 e. The summed E-state index contributed by atoms with van der Waals surface area (Å²) in [6.07, 6.45) is 2.85. The first-order valence-electron chi connectivity index (χ1n) is 5.27. The van der Waals surface area contributed by atoms with E-state index in [0.717, 1.165) is 6.07 Å². The average molecular weight is 282 g/mol. The van der Waals surface area contributed by atoms with Gasteiger partial charge in [0.1, 0.15) is 17.4 Å². The van der Waals surface area contributed by atoms with Crippen molar-refractivity contribution >= 4 is 33.3 Å². The molecule has 5 nitrogen and oxygen atoms in total. The number of nitrogens with one attached hydrogen (secondary N) is 1. The van der Waals surface area contributed by atoms with Gasteiger partial charge in [-0.25, -0.2) is 13.6 Å². The lowest BCUT2D eigenvalue weighted by Crippen LogP contribution is -2.10. The van der Waals surface area contributed by atoms with E-state index in [1.165, 1.54) is 18.7 Å². The fourth-order valence-electron chi connectivity index (χ4n) is 1.29. The lowest BCUT2D eigenvalue weighted by atomic mass is 10.1. The van der Waals surface area contributed by atoms with Gasteiger partial charge in [0.15, 0.2) is 0 Å². The first-order valence-corrected chi connectivity index (χ1v) is 7.40. The number of hydrogen-bond donors (Lipinski definition) is 1. The van der Waals surface area contributed by atoms with Crippen LogP contribution in [0.1, 0.15) is 5.56 Å². The molecule has 0 radical (unpaired) electrons. The largest absolute Gasteiger partial charge is 0.369 e. The first-order chi connectivity index (χ1) is 8.73. The second-order valence-corrected chi connectivity index (χ2v) is 6.49. The predicted molar refractivity (Wildman–Crippen MR) is 77.8 cm³/mol. The van der Waals surface area contributed by atoms with Crippen LogP contribution in [-0.2, 0) is 9.71 Å². The second-order valence-electron chi connectivity index (χ2n) is 4.28. The Balaban J connectivity index is 3.31. The molecule has 1 N–H and O–H groups in total. The zero-order chi connectivity index (χ0) is 14.6. The van der Waals surface area contributed by atoms with Crippen molar-refractivity contribution in [3.05, 3.63) is 23.5 Å². The third-order valence-electron chi connectivity index (χ3n) is 1.94. The number of benzene rings is 1. The fraction of sp³-hybridized carbons (Fsp3) is 0.250. The lowest BCUT2D eigenvalue weighted by Gasteiger charge is -2.10. The fourth-order valence-corrected chi connectivity index (χ4v) is 1.91. The van der Waals surface area contributed by atoms with Gasteiger partial charge >= 0.3 is 0 Å². The lowest BCUT2D eigenvalue weighted by molar-refractivity contribution is 0.624. The summed E-state index contributed by atoms with van der Waals surface area (Å²) in [7, 11) is 0.982. The summed E-state index contributed by atoms with van der Waals surface area (Å²) >= 11 is 0. The van der Waals surface area contributed by atoms with E-state index < -0.39 is 15.5 Å². The van der Waals surface area contributed by atoms with E-state index in [4.69, 9.17) is 5.26 Å². The van der Waals surface area contributed by atoms with Crippen molar-refractivity contribution in [1.29, 1.82) is 5.26 Å². The molecule has 0 saturated heterocycles. The van der Waals surface area contributed by atoms with Gasteiger partial charge in [-0.15, -0.1) is 0 Å². The highest BCUT2D eigenvalue weighted by Crippen LogP contribution is 2.26. The van der Waals surface area contributed by atoms with E-state index in [1.54, 1.807) is 25.1 Å². The minimum atomic E-state index is -2.52. The van der Waals surface area contributed by atoms with Gasteiger partial charge in [0, 0.05) is 30.1 Å². The highest BCUT2D eigenvalue weighted by molar-refractivity contribution is 8.00. The molecule has 0 spiro atoms. The van der Waals surface area contributed by atoms with Crippen molar-refractivity contribution in [3.8, 4) is 6.07 Å². The molecule has 1 atom stereocenters. The number of hydrogen-bond acceptors (Lipinski definition) is 3. The molecule has 1 aromatic rings. The number of aliphatic imine (C=N–C) groups is 1. The van der Waals surface area contributed by atoms with E-state index in [2.05, 4.69) is 15.6 Å². The molecule has 0 fully saturated rings. The number of anilines is 1. The number of rotatable bonds is 4. The molecule has 1 unspecified atom stereocenters. The van der Waals surface area contributed by atoms with E-state index in [9.17, 15) is 8.60 Å². The van der Waals surface area contributed by atoms with Crippen LogP contribution in [0, 0.1) is 17.1 Å². The van der Waals surface area contributed by atoms with Gasteiger partial charge in [0.25, 0.3) is 0 Å². The van der Waals surface area contributed by atoms with Crippen molar-refractivity contribution in [3.63, 3.8) is 0 Å². The van der Waals surface area contributed by atoms with Crippen LogP contribution in [0.3, 0.4) is 0 Å². The summed E-state index contributed by atoms with van der Waals surface area (Å²) in [5.74, 6) is 2.70. The normalized spacial score (nSPS) is 13.8. The summed E-state index contributed by atoms with van der Waals surface area (Å²) in [6, 6.07) is 4.31. The van der Waals surface area contributed by atoms with Crippen molar-refractivity contribution in [2.24, 2.45) is 4.99 Å². The van der Waals surface area contributed by atoms with Crippen molar-refractivity contribution in [2.75, 3.05) is 25.1 Å². The molecule has 0 bridgehead atoms. The Kier molecular flexibility index (Phi) is 4.51. The maximum atomic E-state index is 13.7. The van der Waals surface area contributed by atoms with Gasteiger partial charge < -0.3 is 9.62 Å². The molecule has 1 rings (SSSR count). The molecule has 0 saturated carbocycles. The summed E-state index contributed by atoms with van der Waals surface area (Å²) in [4.78, 5) is 5.67. The SMILES string of the molecule is C=S(C)(=O)Nc1cc(F)c(C#N)c(N=CN(C)C)c1. The minimum Gasteiger partial charge on any atom is -0.369 e. The predicted octanol–water partition coefficient (Wildman–Crippen LogP) is 1.59. The van der Waals surface area contributed by atoms with Crippen LogP contribution in [0.4, 0.5) is 15.8 Å². The Hall–Kier alpha value is -2.07. The Morgan fingerprint density at radius 2 is 2.21 bits per heavy atom. The van der Waals surface area contributed by atoms with E-state index in [1.807, 2.05) is 0 Å². The van der Waals surface area contributed by atoms with E-state index in [0.29, 0.717) is 0 Å². The Morgan fingerprint density at radius 3 is 2.68 bits per heavy atom. The number of nitrogens with zero attached hydrogens (tertiary/aromatic N) is 3. The van der Waals surface area contributed by atoms with Crippen LogP contribution >= 0.6 is 0 Å². The Bertz CT molecular complexity index is 644. The quantitative estimate of drug-likeness (QED) is 0.518. The molecular formula is C12H15FN4OS. The summed E-state index contributed by atoms with van der Waals surface area (Å²) in [6.45, 7) is 0. The summed E-state index contributed by atoms with van der Waals surface area (Å²) < 4.78 is 27.9. The maximum absolute atomic E-state index is 13.7. The van der Waals surface area contributed by atoms with Gasteiger partial charge in [-0.05, 0) is 18.0 Å². The second kappa shape index (κ2) is 5.71. The topological polar surface area (TPSA) is 68.5 Å². The van der Waals surface area contributed by atoms with Crippen molar-refractivity contribution < 1.29 is 8.60 Å². The first kappa shape index (κ1) is 15.0. The van der Waals surface area contributed by atoms with Gasteiger partial charge in [0.05, 0.1) is 17.7 Å². The van der Waals surface area contributed by atoms with Crippen LogP contribution < -0.4 is 4.72 Å². The van der Waals surface area contributed by atoms with Crippen LogP contribution in [0.15, 0.2) is 17.1 Å². The third kappa shape index (κ3) is 4.60. The van der Waals surface area contributed by atoms with Crippen molar-refractivity contribution in [1.82, 2.24) is 4.90 Å². The van der Waals surface area contributed by atoms with Gasteiger partial charge in [-0.3, -0.25) is 0 Å². The Labute approximate surface area is 112 Å². The highest BCUT2D eigenvalue weighted by atomic mass is 32.2. The molecule has 0 aliphatic carbocycles. The number of nitriles is 1. The summed E-state index contributed by atoms with van der Waals surface area (Å²) in [5, 5.41) is 8.92. The molecule has 1 aromatic carbocycles. The molecule has 0 heterocycles. The van der Waals surface area contributed by atoms with Gasteiger partial charge in [-0.1, -0.05) is 0 Å². The summed E-state index contributed by atoms with van der Waals surface area (Å²) in [5.41, 5.74) is 0.280. The molecule has 19 heavy (non-hydrogen) atoms. The molecule has 0 aliphatic heterocycles. The molecule has 0 amide bonds. The average Bonchev–Trinajstić information content (AvgIpc) is 2.23. The standard InChI is InChI=1S/C12H15FN4OS/c1-17(2)8-15-12-6-9(16-19(3,4)18)5-11(13)10(12)7-14/h5-6,8H,3H2,1-2,4H3,(H,16,18). The third-order valence-corrected chi connectivity index (χ3v) is 2.61. The maximum Gasteiger partial charge on any atom is 0.145 e. The van der Waals surface area contributed by atoms with Crippen LogP contribution in [0.5, 0.6) is 0 Å². The van der Waals surface area contributed by atoms with Crippen LogP contribution in [-0.4, -0.2) is 41.7 Å². The highest BCUT2D eigenvalue weighted by Gasteiger charge is 2.11. The molecule has 102 valence electrons. The molecule has 7 heteroatoms. The Morgan fingerprint density at radius 1 is 1.58 bits per heavy atom. The van der Waals surface area contributed by atoms with Crippen LogP contribution in [0.2, 0.25) is 0 Å². The van der Waals surface area contributed by atoms with E-state index in [-0.39, 0.29) is 16.9 Å². The minimum absolute atomic E-state index is 0.157. The monoisotopic (exact) mass is 282 g/mol. The van der Waals surface area contributed by atoms with Gasteiger partial charge in [-0.2, -0.15) is 5.26 Å². The molecule has 0 aromatic heterocycles. The zero-order valence-corrected chi connectivity index (χ0v) is 11.8. The number of halogens is 1. The molecular weight excluding hydrogens is 267 g/mol.